The Morgan fingerprint density at radius 3 is 2.86 bits per heavy atom. The molecule has 1 saturated heterocycles. The Balaban J connectivity index is 1.41. The predicted molar refractivity (Wildman–Crippen MR) is 113 cm³/mol. The number of aromatic nitrogens is 3. The van der Waals surface area contributed by atoms with Gasteiger partial charge in [0.2, 0.25) is 0 Å². The Hall–Kier alpha value is -3.09. The van der Waals surface area contributed by atoms with Crippen LogP contribution in [0.25, 0.3) is 5.65 Å². The van der Waals surface area contributed by atoms with E-state index in [1.807, 2.05) is 28.8 Å². The van der Waals surface area contributed by atoms with Crippen molar-refractivity contribution in [3.05, 3.63) is 60.0 Å². The molecular weight excluding hydrogens is 350 g/mol. The Morgan fingerprint density at radius 2 is 2.04 bits per heavy atom. The zero-order chi connectivity index (χ0) is 19.3. The molecule has 1 aliphatic rings. The van der Waals surface area contributed by atoms with Crippen LogP contribution in [0, 0.1) is 6.92 Å². The molecule has 0 saturated carbocycles. The number of aryl methyl sites for hydroxylation is 1. The quantitative estimate of drug-likeness (QED) is 0.528. The van der Waals surface area contributed by atoms with Crippen LogP contribution in [-0.2, 0) is 6.54 Å². The molecule has 146 valence electrons. The molecule has 3 heterocycles. The van der Waals surface area contributed by atoms with Gasteiger partial charge >= 0.3 is 0 Å². The second-order valence-electron chi connectivity index (χ2n) is 7.15. The molecule has 1 unspecified atom stereocenters. The molecule has 7 nitrogen and oxygen atoms in total. The third kappa shape index (κ3) is 4.08. The molecule has 0 amide bonds. The minimum absolute atomic E-state index is 0.370. The molecule has 2 aromatic heterocycles. The highest BCUT2D eigenvalue weighted by atomic mass is 15.3. The standard InChI is InChI=1S/C21H27N7/c1-3-22-21(23-14-20-26-25-19-6-4-5-12-28(19)20)24-17-11-13-27(15-17)18-9-7-16(2)8-10-18/h4-10,12,17H,3,11,13-15H2,1-2H3,(H2,22,23,24). The lowest BCUT2D eigenvalue weighted by molar-refractivity contribution is 0.648. The number of anilines is 1. The number of rotatable bonds is 5. The summed E-state index contributed by atoms with van der Waals surface area (Å²) in [4.78, 5) is 7.15. The second kappa shape index (κ2) is 8.29. The maximum absolute atomic E-state index is 4.73. The molecule has 0 spiro atoms. The smallest absolute Gasteiger partial charge is 0.191 e. The van der Waals surface area contributed by atoms with E-state index in [9.17, 15) is 0 Å². The Kier molecular flexibility index (Phi) is 5.41. The summed E-state index contributed by atoms with van der Waals surface area (Å²) in [5.74, 6) is 1.66. The van der Waals surface area contributed by atoms with Crippen LogP contribution in [-0.4, -0.2) is 46.2 Å². The van der Waals surface area contributed by atoms with Gasteiger partial charge in [0.05, 0.1) is 0 Å². The fourth-order valence-electron chi connectivity index (χ4n) is 3.53. The maximum atomic E-state index is 4.73. The molecule has 2 N–H and O–H groups in total. The fourth-order valence-corrected chi connectivity index (χ4v) is 3.53. The normalized spacial score (nSPS) is 17.3. The van der Waals surface area contributed by atoms with E-state index in [1.54, 1.807) is 0 Å². The molecule has 4 rings (SSSR count). The van der Waals surface area contributed by atoms with Crippen LogP contribution in [0.4, 0.5) is 5.69 Å². The predicted octanol–water partition coefficient (Wildman–Crippen LogP) is 2.37. The number of fused-ring (bicyclic) bond motifs is 1. The lowest BCUT2D eigenvalue weighted by atomic mass is 10.2. The van der Waals surface area contributed by atoms with Crippen LogP contribution in [0.1, 0.15) is 24.7 Å². The first-order valence-electron chi connectivity index (χ1n) is 9.88. The van der Waals surface area contributed by atoms with Crippen molar-refractivity contribution < 1.29 is 0 Å². The van der Waals surface area contributed by atoms with Crippen LogP contribution in [0.2, 0.25) is 0 Å². The average molecular weight is 377 g/mol. The zero-order valence-electron chi connectivity index (χ0n) is 16.5. The summed E-state index contributed by atoms with van der Waals surface area (Å²) < 4.78 is 1.97. The fraction of sp³-hybridized carbons (Fsp3) is 0.381. The SMILES string of the molecule is CCNC(=NCc1nnc2ccccn12)NC1CCN(c2ccc(C)cc2)C1. The third-order valence-corrected chi connectivity index (χ3v) is 5.04. The summed E-state index contributed by atoms with van der Waals surface area (Å²) in [7, 11) is 0. The third-order valence-electron chi connectivity index (χ3n) is 5.04. The van der Waals surface area contributed by atoms with Crippen molar-refractivity contribution in [1.82, 2.24) is 25.2 Å². The van der Waals surface area contributed by atoms with E-state index in [0.717, 1.165) is 43.5 Å². The van der Waals surface area contributed by atoms with Gasteiger partial charge in [-0.3, -0.25) is 4.40 Å². The maximum Gasteiger partial charge on any atom is 0.191 e. The molecule has 28 heavy (non-hydrogen) atoms. The number of aliphatic imine (C=N–C) groups is 1. The van der Waals surface area contributed by atoms with Gasteiger partial charge in [0.1, 0.15) is 6.54 Å². The van der Waals surface area contributed by atoms with Gasteiger partial charge < -0.3 is 15.5 Å². The van der Waals surface area contributed by atoms with Gasteiger partial charge in [0.15, 0.2) is 17.4 Å². The van der Waals surface area contributed by atoms with E-state index >= 15 is 0 Å². The van der Waals surface area contributed by atoms with Gasteiger partial charge in [0, 0.05) is 37.6 Å². The molecular formula is C21H27N7. The Labute approximate surface area is 165 Å². The van der Waals surface area contributed by atoms with Crippen molar-refractivity contribution in [2.45, 2.75) is 32.9 Å². The molecule has 1 fully saturated rings. The highest BCUT2D eigenvalue weighted by Crippen LogP contribution is 2.20. The zero-order valence-corrected chi connectivity index (χ0v) is 16.5. The summed E-state index contributed by atoms with van der Waals surface area (Å²) in [6, 6.07) is 15.0. The van der Waals surface area contributed by atoms with E-state index in [2.05, 4.69) is 63.8 Å². The summed E-state index contributed by atoms with van der Waals surface area (Å²) in [6.07, 6.45) is 3.06. The number of guanidine groups is 1. The molecule has 3 aromatic rings. The summed E-state index contributed by atoms with van der Waals surface area (Å²) >= 11 is 0. The van der Waals surface area contributed by atoms with Crippen LogP contribution < -0.4 is 15.5 Å². The van der Waals surface area contributed by atoms with Gasteiger partial charge in [-0.05, 0) is 44.5 Å². The van der Waals surface area contributed by atoms with Crippen molar-refractivity contribution in [3.63, 3.8) is 0 Å². The monoisotopic (exact) mass is 377 g/mol. The highest BCUT2D eigenvalue weighted by molar-refractivity contribution is 5.80. The largest absolute Gasteiger partial charge is 0.369 e. The van der Waals surface area contributed by atoms with Crippen molar-refractivity contribution in [1.29, 1.82) is 0 Å². The Bertz CT molecular complexity index is 945. The van der Waals surface area contributed by atoms with Crippen molar-refractivity contribution in [2.24, 2.45) is 4.99 Å². The van der Waals surface area contributed by atoms with Crippen LogP contribution >= 0.6 is 0 Å². The minimum atomic E-state index is 0.370. The molecule has 0 bridgehead atoms. The molecule has 1 aromatic carbocycles. The first-order valence-corrected chi connectivity index (χ1v) is 9.88. The number of nitrogens with one attached hydrogen (secondary N) is 2. The number of benzene rings is 1. The molecule has 1 atom stereocenters. The van der Waals surface area contributed by atoms with E-state index < -0.39 is 0 Å². The van der Waals surface area contributed by atoms with Gasteiger partial charge in [-0.25, -0.2) is 4.99 Å². The van der Waals surface area contributed by atoms with Crippen molar-refractivity contribution in [2.75, 3.05) is 24.5 Å². The molecule has 1 aliphatic heterocycles. The first kappa shape index (κ1) is 18.3. The second-order valence-corrected chi connectivity index (χ2v) is 7.15. The van der Waals surface area contributed by atoms with Gasteiger partial charge in [-0.2, -0.15) is 0 Å². The summed E-state index contributed by atoms with van der Waals surface area (Å²) in [5, 5.41) is 15.4. The van der Waals surface area contributed by atoms with E-state index in [-0.39, 0.29) is 0 Å². The average Bonchev–Trinajstić information content (AvgIpc) is 3.34. The lowest BCUT2D eigenvalue weighted by Crippen LogP contribution is -2.44. The van der Waals surface area contributed by atoms with E-state index in [1.165, 1.54) is 11.3 Å². The van der Waals surface area contributed by atoms with Crippen LogP contribution in [0.15, 0.2) is 53.7 Å². The number of nitrogens with zero attached hydrogens (tertiary/aromatic N) is 5. The summed E-state index contributed by atoms with van der Waals surface area (Å²) in [5.41, 5.74) is 3.42. The van der Waals surface area contributed by atoms with E-state index in [0.29, 0.717) is 12.6 Å². The van der Waals surface area contributed by atoms with Gasteiger partial charge in [-0.1, -0.05) is 23.8 Å². The van der Waals surface area contributed by atoms with Crippen molar-refractivity contribution in [3.8, 4) is 0 Å². The van der Waals surface area contributed by atoms with Crippen LogP contribution in [0.3, 0.4) is 0 Å². The number of pyridine rings is 1. The molecule has 7 heteroatoms. The number of hydrogen-bond donors (Lipinski definition) is 2. The number of hydrogen-bond acceptors (Lipinski definition) is 4. The minimum Gasteiger partial charge on any atom is -0.369 e. The van der Waals surface area contributed by atoms with Crippen LogP contribution in [0.5, 0.6) is 0 Å². The van der Waals surface area contributed by atoms with Gasteiger partial charge in [-0.15, -0.1) is 10.2 Å². The van der Waals surface area contributed by atoms with Gasteiger partial charge in [0.25, 0.3) is 0 Å². The van der Waals surface area contributed by atoms with Crippen molar-refractivity contribution >= 4 is 17.3 Å². The summed E-state index contributed by atoms with van der Waals surface area (Å²) in [6.45, 7) is 7.53. The molecule has 0 aliphatic carbocycles. The topological polar surface area (TPSA) is 69.8 Å². The van der Waals surface area contributed by atoms with E-state index in [4.69, 9.17) is 4.99 Å². The Morgan fingerprint density at radius 1 is 1.18 bits per heavy atom. The highest BCUT2D eigenvalue weighted by Gasteiger charge is 2.23. The first-order chi connectivity index (χ1) is 13.7. The lowest BCUT2D eigenvalue weighted by Gasteiger charge is -2.20. The molecule has 0 radical (unpaired) electrons.